The van der Waals surface area contributed by atoms with Crippen LogP contribution in [0.25, 0.3) is 11.0 Å². The van der Waals surface area contributed by atoms with Crippen molar-refractivity contribution in [3.63, 3.8) is 0 Å². The highest BCUT2D eigenvalue weighted by Gasteiger charge is 2.04. The van der Waals surface area contributed by atoms with E-state index < -0.39 is 0 Å². The molecular weight excluding hydrogens is 222 g/mol. The molecule has 96 valence electrons. The first-order valence-corrected chi connectivity index (χ1v) is 6.59. The van der Waals surface area contributed by atoms with Crippen LogP contribution in [0.4, 0.5) is 0 Å². The van der Waals surface area contributed by atoms with Gasteiger partial charge in [-0.25, -0.2) is 4.98 Å². The normalized spacial score (nSPS) is 11.7. The lowest BCUT2D eigenvalue weighted by Crippen LogP contribution is -2.12. The molecular formula is C15H21N3. The van der Waals surface area contributed by atoms with Gasteiger partial charge in [0.2, 0.25) is 0 Å². The zero-order chi connectivity index (χ0) is 12.8. The van der Waals surface area contributed by atoms with E-state index >= 15 is 0 Å². The maximum absolute atomic E-state index is 4.64. The summed E-state index contributed by atoms with van der Waals surface area (Å²) in [6, 6.07) is 8.26. The number of rotatable bonds is 6. The third-order valence-corrected chi connectivity index (χ3v) is 3.08. The van der Waals surface area contributed by atoms with Gasteiger partial charge in [-0.3, -0.25) is 0 Å². The fourth-order valence-corrected chi connectivity index (χ4v) is 2.05. The third kappa shape index (κ3) is 2.99. The van der Waals surface area contributed by atoms with E-state index in [1.165, 1.54) is 5.52 Å². The number of aromatic nitrogens is 2. The molecule has 3 heteroatoms. The zero-order valence-electron chi connectivity index (χ0n) is 11.2. The van der Waals surface area contributed by atoms with Crippen LogP contribution in [-0.2, 0) is 13.5 Å². The van der Waals surface area contributed by atoms with E-state index in [2.05, 4.69) is 59.2 Å². The van der Waals surface area contributed by atoms with Crippen molar-refractivity contribution in [2.24, 2.45) is 7.05 Å². The standard InChI is InChI=1S/C15H21N3/c1-3-16-12-8-4-5-11-15-17-13-9-6-7-10-14(13)18(15)2/h4-7,9-10,16H,3,8,11-12H2,1-2H3. The van der Waals surface area contributed by atoms with Crippen molar-refractivity contribution in [2.75, 3.05) is 13.1 Å². The summed E-state index contributed by atoms with van der Waals surface area (Å²) in [5.41, 5.74) is 2.28. The number of nitrogens with one attached hydrogen (secondary N) is 1. The van der Waals surface area contributed by atoms with Gasteiger partial charge in [0.15, 0.2) is 0 Å². The molecule has 0 radical (unpaired) electrons. The van der Waals surface area contributed by atoms with Gasteiger partial charge in [-0.2, -0.15) is 0 Å². The summed E-state index contributed by atoms with van der Waals surface area (Å²) in [7, 11) is 2.08. The summed E-state index contributed by atoms with van der Waals surface area (Å²) in [6.45, 7) is 4.22. The Hall–Kier alpha value is -1.61. The van der Waals surface area contributed by atoms with E-state index in [4.69, 9.17) is 0 Å². The highest BCUT2D eigenvalue weighted by molar-refractivity contribution is 5.75. The first kappa shape index (κ1) is 12.8. The highest BCUT2D eigenvalue weighted by atomic mass is 15.1. The molecule has 0 aliphatic rings. The van der Waals surface area contributed by atoms with Crippen LogP contribution in [0.5, 0.6) is 0 Å². The molecule has 0 atom stereocenters. The summed E-state index contributed by atoms with van der Waals surface area (Å²) in [5.74, 6) is 1.12. The summed E-state index contributed by atoms with van der Waals surface area (Å²) in [4.78, 5) is 4.64. The van der Waals surface area contributed by atoms with Crippen LogP contribution in [0.1, 0.15) is 19.2 Å². The molecule has 0 spiro atoms. The number of allylic oxidation sites excluding steroid dienone is 1. The molecule has 1 aromatic heterocycles. The van der Waals surface area contributed by atoms with E-state index in [1.54, 1.807) is 0 Å². The highest BCUT2D eigenvalue weighted by Crippen LogP contribution is 2.14. The van der Waals surface area contributed by atoms with Crippen LogP contribution in [0, 0.1) is 0 Å². The number of aryl methyl sites for hydroxylation is 1. The van der Waals surface area contributed by atoms with Gasteiger partial charge in [0.05, 0.1) is 11.0 Å². The SMILES string of the molecule is CCNCCC=CCc1nc2ccccc2n1C. The number of hydrogen-bond acceptors (Lipinski definition) is 2. The topological polar surface area (TPSA) is 29.9 Å². The summed E-state index contributed by atoms with van der Waals surface area (Å²) in [6.07, 6.45) is 6.41. The van der Waals surface area contributed by atoms with Crippen LogP contribution in [0.2, 0.25) is 0 Å². The zero-order valence-corrected chi connectivity index (χ0v) is 11.2. The molecule has 0 bridgehead atoms. The fourth-order valence-electron chi connectivity index (χ4n) is 2.05. The van der Waals surface area contributed by atoms with Crippen molar-refractivity contribution in [3.05, 3.63) is 42.2 Å². The average Bonchev–Trinajstić information content (AvgIpc) is 2.71. The minimum absolute atomic E-state index is 0.900. The van der Waals surface area contributed by atoms with Gasteiger partial charge in [0.25, 0.3) is 0 Å². The van der Waals surface area contributed by atoms with Gasteiger partial charge in [-0.1, -0.05) is 31.2 Å². The Morgan fingerprint density at radius 1 is 1.28 bits per heavy atom. The minimum atomic E-state index is 0.900. The Morgan fingerprint density at radius 3 is 2.89 bits per heavy atom. The molecule has 0 amide bonds. The predicted octanol–water partition coefficient (Wildman–Crippen LogP) is 2.67. The summed E-state index contributed by atoms with van der Waals surface area (Å²) >= 11 is 0. The molecule has 1 N–H and O–H groups in total. The summed E-state index contributed by atoms with van der Waals surface area (Å²) in [5, 5.41) is 3.31. The second-order valence-electron chi connectivity index (χ2n) is 4.39. The van der Waals surface area contributed by atoms with E-state index in [0.29, 0.717) is 0 Å². The Labute approximate surface area is 109 Å². The van der Waals surface area contributed by atoms with Gasteiger partial charge >= 0.3 is 0 Å². The molecule has 3 nitrogen and oxygen atoms in total. The molecule has 2 aromatic rings. The monoisotopic (exact) mass is 243 g/mol. The molecule has 0 saturated heterocycles. The van der Waals surface area contributed by atoms with Crippen molar-refractivity contribution >= 4 is 11.0 Å². The van der Waals surface area contributed by atoms with Gasteiger partial charge in [0, 0.05) is 13.5 Å². The number of fused-ring (bicyclic) bond motifs is 1. The molecule has 0 unspecified atom stereocenters. The van der Waals surface area contributed by atoms with Crippen LogP contribution in [0.15, 0.2) is 36.4 Å². The smallest absolute Gasteiger partial charge is 0.113 e. The van der Waals surface area contributed by atoms with Crippen molar-refractivity contribution in [2.45, 2.75) is 19.8 Å². The van der Waals surface area contributed by atoms with E-state index in [-0.39, 0.29) is 0 Å². The van der Waals surface area contributed by atoms with Gasteiger partial charge < -0.3 is 9.88 Å². The Balaban J connectivity index is 1.97. The number of benzene rings is 1. The molecule has 0 aliphatic heterocycles. The Morgan fingerprint density at radius 2 is 2.11 bits per heavy atom. The van der Waals surface area contributed by atoms with Crippen LogP contribution < -0.4 is 5.32 Å². The lowest BCUT2D eigenvalue weighted by Gasteiger charge is -1.99. The van der Waals surface area contributed by atoms with Gasteiger partial charge in [-0.05, 0) is 31.6 Å². The third-order valence-electron chi connectivity index (χ3n) is 3.08. The van der Waals surface area contributed by atoms with Crippen molar-refractivity contribution in [1.82, 2.24) is 14.9 Å². The number of hydrogen-bond donors (Lipinski definition) is 1. The molecule has 0 saturated carbocycles. The lowest BCUT2D eigenvalue weighted by molar-refractivity contribution is 0.725. The second-order valence-corrected chi connectivity index (χ2v) is 4.39. The van der Waals surface area contributed by atoms with E-state index in [1.807, 2.05) is 6.07 Å². The van der Waals surface area contributed by atoms with E-state index in [9.17, 15) is 0 Å². The Bertz CT molecular complexity index is 526. The average molecular weight is 243 g/mol. The lowest BCUT2D eigenvalue weighted by atomic mass is 10.3. The van der Waals surface area contributed by atoms with Crippen LogP contribution in [0.3, 0.4) is 0 Å². The van der Waals surface area contributed by atoms with Crippen molar-refractivity contribution < 1.29 is 0 Å². The largest absolute Gasteiger partial charge is 0.331 e. The number of nitrogens with zero attached hydrogens (tertiary/aromatic N) is 2. The minimum Gasteiger partial charge on any atom is -0.331 e. The number of para-hydroxylation sites is 2. The van der Waals surface area contributed by atoms with Gasteiger partial charge in [-0.15, -0.1) is 0 Å². The summed E-state index contributed by atoms with van der Waals surface area (Å²) < 4.78 is 2.17. The first-order valence-electron chi connectivity index (χ1n) is 6.59. The van der Waals surface area contributed by atoms with Crippen LogP contribution >= 0.6 is 0 Å². The quantitative estimate of drug-likeness (QED) is 0.624. The molecule has 18 heavy (non-hydrogen) atoms. The van der Waals surface area contributed by atoms with E-state index in [0.717, 1.165) is 37.3 Å². The molecule has 0 aliphatic carbocycles. The van der Waals surface area contributed by atoms with Crippen molar-refractivity contribution in [3.8, 4) is 0 Å². The maximum Gasteiger partial charge on any atom is 0.113 e. The second kappa shape index (κ2) is 6.36. The molecule has 1 aromatic carbocycles. The maximum atomic E-state index is 4.64. The molecule has 1 heterocycles. The Kier molecular flexibility index (Phi) is 4.53. The first-order chi connectivity index (χ1) is 8.83. The predicted molar refractivity (Wildman–Crippen MR) is 76.7 cm³/mol. The molecule has 0 fully saturated rings. The number of imidazole rings is 1. The van der Waals surface area contributed by atoms with Crippen molar-refractivity contribution in [1.29, 1.82) is 0 Å². The van der Waals surface area contributed by atoms with Crippen LogP contribution in [-0.4, -0.2) is 22.6 Å². The molecule has 2 rings (SSSR count). The van der Waals surface area contributed by atoms with Gasteiger partial charge in [0.1, 0.15) is 5.82 Å². The fraction of sp³-hybridized carbons (Fsp3) is 0.400.